The summed E-state index contributed by atoms with van der Waals surface area (Å²) < 4.78 is 2.05. The van der Waals surface area contributed by atoms with Crippen LogP contribution in [0.4, 0.5) is 0 Å². The Bertz CT molecular complexity index is 1010. The lowest BCUT2D eigenvalue weighted by Gasteiger charge is -2.04. The summed E-state index contributed by atoms with van der Waals surface area (Å²) in [5.41, 5.74) is 5.22. The van der Waals surface area contributed by atoms with Crippen molar-refractivity contribution in [3.63, 3.8) is 0 Å². The molecule has 0 aliphatic rings. The Morgan fingerprint density at radius 2 is 1.92 bits per heavy atom. The van der Waals surface area contributed by atoms with E-state index in [1.807, 2.05) is 28.8 Å². The van der Waals surface area contributed by atoms with Crippen molar-refractivity contribution in [2.45, 2.75) is 26.7 Å². The molecule has 1 N–H and O–H groups in total. The summed E-state index contributed by atoms with van der Waals surface area (Å²) in [5.74, 6) is 2.16. The van der Waals surface area contributed by atoms with E-state index in [1.54, 1.807) is 0 Å². The average Bonchev–Trinajstić information content (AvgIpc) is 3.21. The number of aromatic nitrogens is 5. The van der Waals surface area contributed by atoms with Gasteiger partial charge in [0, 0.05) is 23.2 Å². The first-order valence-corrected chi connectivity index (χ1v) is 8.09. The maximum atomic E-state index is 4.53. The quantitative estimate of drug-likeness (QED) is 0.615. The molecule has 120 valence electrons. The predicted octanol–water partition coefficient (Wildman–Crippen LogP) is 4.22. The van der Waals surface area contributed by atoms with Crippen molar-refractivity contribution in [1.29, 1.82) is 0 Å². The highest BCUT2D eigenvalue weighted by Crippen LogP contribution is 2.24. The van der Waals surface area contributed by atoms with Crippen LogP contribution in [0, 0.1) is 6.92 Å². The monoisotopic (exact) mass is 317 g/mol. The molecule has 0 aliphatic heterocycles. The molecule has 5 heteroatoms. The number of pyridine rings is 1. The summed E-state index contributed by atoms with van der Waals surface area (Å²) in [6, 6.07) is 12.4. The topological polar surface area (TPSA) is 58.9 Å². The minimum Gasteiger partial charge on any atom is -0.338 e. The van der Waals surface area contributed by atoms with Gasteiger partial charge in [0.05, 0.1) is 11.9 Å². The van der Waals surface area contributed by atoms with Gasteiger partial charge in [0.25, 0.3) is 0 Å². The van der Waals surface area contributed by atoms with Gasteiger partial charge in [-0.15, -0.1) is 10.2 Å². The fourth-order valence-corrected chi connectivity index (χ4v) is 2.87. The lowest BCUT2D eigenvalue weighted by Crippen LogP contribution is -1.97. The molecule has 0 radical (unpaired) electrons. The molecule has 0 atom stereocenters. The molecular formula is C19H19N5. The third kappa shape index (κ3) is 2.48. The number of rotatable bonds is 3. The second-order valence-electron chi connectivity index (χ2n) is 6.37. The molecule has 24 heavy (non-hydrogen) atoms. The van der Waals surface area contributed by atoms with Gasteiger partial charge in [0.15, 0.2) is 5.65 Å². The minimum atomic E-state index is 0.319. The Balaban J connectivity index is 1.77. The first-order valence-electron chi connectivity index (χ1n) is 8.09. The Labute approximate surface area is 140 Å². The molecule has 4 rings (SSSR count). The van der Waals surface area contributed by atoms with E-state index in [1.165, 1.54) is 5.56 Å². The van der Waals surface area contributed by atoms with Crippen LogP contribution in [-0.2, 0) is 0 Å². The van der Waals surface area contributed by atoms with Crippen LogP contribution < -0.4 is 0 Å². The van der Waals surface area contributed by atoms with Gasteiger partial charge in [0.2, 0.25) is 0 Å². The van der Waals surface area contributed by atoms with Gasteiger partial charge in [-0.25, -0.2) is 4.98 Å². The van der Waals surface area contributed by atoms with Crippen molar-refractivity contribution in [3.05, 3.63) is 60.2 Å². The van der Waals surface area contributed by atoms with Gasteiger partial charge in [-0.1, -0.05) is 37.6 Å². The number of aromatic amines is 1. The summed E-state index contributed by atoms with van der Waals surface area (Å²) in [6.07, 6.45) is 3.94. The molecule has 3 aromatic heterocycles. The lowest BCUT2D eigenvalue weighted by molar-refractivity contribution is 0.759. The Kier molecular flexibility index (Phi) is 3.41. The summed E-state index contributed by atoms with van der Waals surface area (Å²) >= 11 is 0. The minimum absolute atomic E-state index is 0.319. The van der Waals surface area contributed by atoms with Crippen LogP contribution in [0.5, 0.6) is 0 Å². The number of nitrogens with one attached hydrogen (secondary N) is 1. The predicted molar refractivity (Wildman–Crippen MR) is 94.8 cm³/mol. The SMILES string of the molecule is Cc1cccc(-c2ncc(-c3ccc4nnc(C(C)C)n4c3)[nH]2)c1. The molecule has 0 amide bonds. The van der Waals surface area contributed by atoms with E-state index in [-0.39, 0.29) is 0 Å². The van der Waals surface area contributed by atoms with Gasteiger partial charge in [-0.3, -0.25) is 4.40 Å². The number of hydrogen-bond acceptors (Lipinski definition) is 3. The zero-order chi connectivity index (χ0) is 16.7. The van der Waals surface area contributed by atoms with Gasteiger partial charge in [0.1, 0.15) is 11.6 Å². The lowest BCUT2D eigenvalue weighted by atomic mass is 10.1. The van der Waals surface area contributed by atoms with Gasteiger partial charge in [-0.2, -0.15) is 0 Å². The molecule has 0 bridgehead atoms. The average molecular weight is 317 g/mol. The summed E-state index contributed by atoms with van der Waals surface area (Å²) in [7, 11) is 0. The van der Waals surface area contributed by atoms with Crippen molar-refractivity contribution in [2.24, 2.45) is 0 Å². The molecule has 4 aromatic rings. The van der Waals surface area contributed by atoms with E-state index in [2.05, 4.69) is 65.3 Å². The smallest absolute Gasteiger partial charge is 0.160 e. The normalized spacial score (nSPS) is 11.5. The molecule has 3 heterocycles. The molecule has 0 spiro atoms. The van der Waals surface area contributed by atoms with Crippen LogP contribution in [0.2, 0.25) is 0 Å². The van der Waals surface area contributed by atoms with Crippen molar-refractivity contribution in [2.75, 3.05) is 0 Å². The zero-order valence-electron chi connectivity index (χ0n) is 14.0. The standard InChI is InChI=1S/C19H19N5/c1-12(2)19-23-22-17-8-7-15(11-24(17)19)16-10-20-18(21-16)14-6-4-5-13(3)9-14/h4-12H,1-3H3,(H,20,21). The third-order valence-corrected chi connectivity index (χ3v) is 4.12. The number of hydrogen-bond donors (Lipinski definition) is 1. The first kappa shape index (κ1) is 14.6. The van der Waals surface area contributed by atoms with E-state index in [0.717, 1.165) is 34.1 Å². The van der Waals surface area contributed by atoms with Gasteiger partial charge in [-0.05, 0) is 25.1 Å². The van der Waals surface area contributed by atoms with Crippen molar-refractivity contribution >= 4 is 5.65 Å². The van der Waals surface area contributed by atoms with Crippen LogP contribution in [0.25, 0.3) is 28.3 Å². The van der Waals surface area contributed by atoms with Crippen LogP contribution in [0.15, 0.2) is 48.8 Å². The number of benzene rings is 1. The second kappa shape index (κ2) is 5.60. The largest absolute Gasteiger partial charge is 0.338 e. The maximum absolute atomic E-state index is 4.53. The Hall–Kier alpha value is -2.95. The number of fused-ring (bicyclic) bond motifs is 1. The van der Waals surface area contributed by atoms with Crippen molar-refractivity contribution in [1.82, 2.24) is 24.6 Å². The number of H-pyrrole nitrogens is 1. The molecule has 1 aromatic carbocycles. The second-order valence-corrected chi connectivity index (χ2v) is 6.37. The molecule has 0 unspecified atom stereocenters. The number of nitrogens with zero attached hydrogens (tertiary/aromatic N) is 4. The van der Waals surface area contributed by atoms with Crippen LogP contribution in [0.1, 0.15) is 31.2 Å². The Morgan fingerprint density at radius 1 is 1.04 bits per heavy atom. The molecular weight excluding hydrogens is 298 g/mol. The highest BCUT2D eigenvalue weighted by Gasteiger charge is 2.11. The highest BCUT2D eigenvalue weighted by molar-refractivity contribution is 5.65. The third-order valence-electron chi connectivity index (χ3n) is 4.12. The van der Waals surface area contributed by atoms with Crippen LogP contribution in [0.3, 0.4) is 0 Å². The van der Waals surface area contributed by atoms with E-state index < -0.39 is 0 Å². The van der Waals surface area contributed by atoms with Crippen molar-refractivity contribution < 1.29 is 0 Å². The van der Waals surface area contributed by atoms with Crippen molar-refractivity contribution in [3.8, 4) is 22.6 Å². The molecule has 0 saturated carbocycles. The summed E-state index contributed by atoms with van der Waals surface area (Å²) in [4.78, 5) is 7.95. The highest BCUT2D eigenvalue weighted by atomic mass is 15.2. The fourth-order valence-electron chi connectivity index (χ4n) is 2.87. The first-order chi connectivity index (χ1) is 11.6. The summed E-state index contributed by atoms with van der Waals surface area (Å²) in [5, 5.41) is 8.50. The molecule has 0 fully saturated rings. The maximum Gasteiger partial charge on any atom is 0.160 e. The summed E-state index contributed by atoms with van der Waals surface area (Å²) in [6.45, 7) is 6.32. The molecule has 5 nitrogen and oxygen atoms in total. The molecule has 0 aliphatic carbocycles. The van der Waals surface area contributed by atoms with Crippen LogP contribution >= 0.6 is 0 Å². The van der Waals surface area contributed by atoms with E-state index in [9.17, 15) is 0 Å². The Morgan fingerprint density at radius 3 is 2.71 bits per heavy atom. The zero-order valence-corrected chi connectivity index (χ0v) is 14.0. The molecule has 0 saturated heterocycles. The van der Waals surface area contributed by atoms with E-state index in [4.69, 9.17) is 0 Å². The number of aryl methyl sites for hydroxylation is 1. The van der Waals surface area contributed by atoms with E-state index >= 15 is 0 Å². The van der Waals surface area contributed by atoms with E-state index in [0.29, 0.717) is 5.92 Å². The van der Waals surface area contributed by atoms with Gasteiger partial charge < -0.3 is 4.98 Å². The fraction of sp³-hybridized carbons (Fsp3) is 0.211. The van der Waals surface area contributed by atoms with Gasteiger partial charge >= 0.3 is 0 Å². The van der Waals surface area contributed by atoms with Crippen LogP contribution in [-0.4, -0.2) is 24.6 Å². The number of imidazole rings is 1.